The lowest BCUT2D eigenvalue weighted by atomic mass is 10.3. The van der Waals surface area contributed by atoms with Crippen LogP contribution in [0.2, 0.25) is 0 Å². The molecule has 0 saturated carbocycles. The first-order chi connectivity index (χ1) is 6.20. The number of nitrogens with zero attached hydrogens (tertiary/aromatic N) is 1. The molecular formula is C8H9NO2S2. The molecule has 5 heteroatoms. The SMILES string of the molecule is CC(=CCSc1nccs1)C(=O)O. The second kappa shape index (κ2) is 5.04. The maximum atomic E-state index is 10.4. The van der Waals surface area contributed by atoms with Gasteiger partial charge in [-0.25, -0.2) is 9.78 Å². The van der Waals surface area contributed by atoms with Crippen molar-refractivity contribution in [2.24, 2.45) is 0 Å². The number of aliphatic carboxylic acids is 1. The van der Waals surface area contributed by atoms with Crippen molar-refractivity contribution in [3.63, 3.8) is 0 Å². The summed E-state index contributed by atoms with van der Waals surface area (Å²) in [5.41, 5.74) is 0.379. The van der Waals surface area contributed by atoms with E-state index in [9.17, 15) is 4.79 Å². The lowest BCUT2D eigenvalue weighted by Crippen LogP contribution is -1.96. The Balaban J connectivity index is 2.36. The number of carboxylic acids is 1. The summed E-state index contributed by atoms with van der Waals surface area (Å²) in [6, 6.07) is 0. The van der Waals surface area contributed by atoms with Crippen LogP contribution in [0.1, 0.15) is 6.92 Å². The Kier molecular flexibility index (Phi) is 3.98. The number of hydrogen-bond acceptors (Lipinski definition) is 4. The van der Waals surface area contributed by atoms with Crippen molar-refractivity contribution >= 4 is 29.1 Å². The molecule has 0 amide bonds. The Morgan fingerprint density at radius 1 is 1.85 bits per heavy atom. The van der Waals surface area contributed by atoms with Crippen molar-refractivity contribution in [1.82, 2.24) is 4.98 Å². The number of thioether (sulfide) groups is 1. The summed E-state index contributed by atoms with van der Waals surface area (Å²) in [4.78, 5) is 14.5. The summed E-state index contributed by atoms with van der Waals surface area (Å²) in [5.74, 6) is -0.203. The average molecular weight is 215 g/mol. The molecule has 13 heavy (non-hydrogen) atoms. The molecule has 0 atom stereocenters. The molecule has 0 aliphatic rings. The molecule has 0 unspecified atom stereocenters. The van der Waals surface area contributed by atoms with Gasteiger partial charge in [-0.3, -0.25) is 0 Å². The van der Waals surface area contributed by atoms with Gasteiger partial charge in [0.05, 0.1) is 0 Å². The molecule has 0 fully saturated rings. The first-order valence-corrected chi connectivity index (χ1v) is 5.49. The van der Waals surface area contributed by atoms with Gasteiger partial charge in [0.25, 0.3) is 0 Å². The van der Waals surface area contributed by atoms with Gasteiger partial charge in [-0.15, -0.1) is 11.3 Å². The van der Waals surface area contributed by atoms with E-state index in [-0.39, 0.29) is 0 Å². The normalized spacial score (nSPS) is 11.6. The summed E-state index contributed by atoms with van der Waals surface area (Å²) >= 11 is 3.10. The van der Waals surface area contributed by atoms with Crippen molar-refractivity contribution in [2.45, 2.75) is 11.3 Å². The topological polar surface area (TPSA) is 50.2 Å². The molecule has 1 aromatic heterocycles. The molecular weight excluding hydrogens is 206 g/mol. The van der Waals surface area contributed by atoms with Crippen LogP contribution in [0.15, 0.2) is 27.6 Å². The highest BCUT2D eigenvalue weighted by Crippen LogP contribution is 2.20. The van der Waals surface area contributed by atoms with E-state index >= 15 is 0 Å². The maximum Gasteiger partial charge on any atom is 0.330 e. The fraction of sp³-hybridized carbons (Fsp3) is 0.250. The molecule has 70 valence electrons. The van der Waals surface area contributed by atoms with Crippen LogP contribution in [-0.4, -0.2) is 21.8 Å². The van der Waals surface area contributed by atoms with Gasteiger partial charge in [0, 0.05) is 22.9 Å². The molecule has 1 heterocycles. The van der Waals surface area contributed by atoms with Crippen molar-refractivity contribution in [3.8, 4) is 0 Å². The number of rotatable bonds is 4. The van der Waals surface area contributed by atoms with Crippen LogP contribution in [0, 0.1) is 0 Å². The van der Waals surface area contributed by atoms with Crippen LogP contribution in [0.3, 0.4) is 0 Å². The van der Waals surface area contributed by atoms with Crippen molar-refractivity contribution in [1.29, 1.82) is 0 Å². The summed E-state index contributed by atoms with van der Waals surface area (Å²) in [5, 5.41) is 10.4. The predicted molar refractivity (Wildman–Crippen MR) is 54.2 cm³/mol. The molecule has 0 spiro atoms. The summed E-state index contributed by atoms with van der Waals surface area (Å²) in [6.07, 6.45) is 3.43. The molecule has 0 aliphatic heterocycles. The van der Waals surface area contributed by atoms with E-state index in [1.807, 2.05) is 5.38 Å². The van der Waals surface area contributed by atoms with Gasteiger partial charge in [-0.2, -0.15) is 0 Å². The largest absolute Gasteiger partial charge is 0.478 e. The van der Waals surface area contributed by atoms with Crippen molar-refractivity contribution in [3.05, 3.63) is 23.2 Å². The second-order valence-corrected chi connectivity index (χ2v) is 4.46. The lowest BCUT2D eigenvalue weighted by molar-refractivity contribution is -0.132. The molecule has 3 nitrogen and oxygen atoms in total. The van der Waals surface area contributed by atoms with Gasteiger partial charge in [-0.05, 0) is 6.92 Å². The first-order valence-electron chi connectivity index (χ1n) is 3.62. The number of aromatic nitrogens is 1. The van der Waals surface area contributed by atoms with Crippen LogP contribution in [0.25, 0.3) is 0 Å². The molecule has 0 aromatic carbocycles. The third-order valence-corrected chi connectivity index (χ3v) is 3.24. The molecule has 0 saturated heterocycles. The molecule has 1 rings (SSSR count). The Bertz CT molecular complexity index is 306. The van der Waals surface area contributed by atoms with E-state index in [4.69, 9.17) is 5.11 Å². The van der Waals surface area contributed by atoms with Crippen molar-refractivity contribution < 1.29 is 9.90 Å². The molecule has 0 aliphatic carbocycles. The van der Waals surface area contributed by atoms with Gasteiger partial charge >= 0.3 is 5.97 Å². The Morgan fingerprint density at radius 2 is 2.62 bits per heavy atom. The fourth-order valence-corrected chi connectivity index (χ4v) is 2.22. The summed E-state index contributed by atoms with van der Waals surface area (Å²) in [6.45, 7) is 1.59. The molecule has 0 radical (unpaired) electrons. The van der Waals surface area contributed by atoms with Gasteiger partial charge in [-0.1, -0.05) is 17.8 Å². The number of carboxylic acid groups (broad SMARTS) is 1. The number of hydrogen-bond donors (Lipinski definition) is 1. The highest BCUT2D eigenvalue weighted by Gasteiger charge is 1.99. The van der Waals surface area contributed by atoms with Crippen molar-refractivity contribution in [2.75, 3.05) is 5.75 Å². The smallest absolute Gasteiger partial charge is 0.330 e. The zero-order valence-corrected chi connectivity index (χ0v) is 8.69. The highest BCUT2D eigenvalue weighted by atomic mass is 32.2. The van der Waals surface area contributed by atoms with Gasteiger partial charge in [0.1, 0.15) is 4.34 Å². The minimum Gasteiger partial charge on any atom is -0.478 e. The third-order valence-electron chi connectivity index (χ3n) is 1.34. The summed E-state index contributed by atoms with van der Waals surface area (Å²) < 4.78 is 0.967. The predicted octanol–water partition coefficient (Wildman–Crippen LogP) is 2.27. The molecule has 0 bridgehead atoms. The molecule has 1 N–H and O–H groups in total. The van der Waals surface area contributed by atoms with Crippen LogP contribution in [0.4, 0.5) is 0 Å². The quantitative estimate of drug-likeness (QED) is 0.618. The zero-order chi connectivity index (χ0) is 9.68. The minimum absolute atomic E-state index is 0.379. The van der Waals surface area contributed by atoms with Crippen LogP contribution < -0.4 is 0 Å². The van der Waals surface area contributed by atoms with Crippen LogP contribution >= 0.6 is 23.1 Å². The second-order valence-electron chi connectivity index (χ2n) is 2.30. The maximum absolute atomic E-state index is 10.4. The summed E-state index contributed by atoms with van der Waals surface area (Å²) in [7, 11) is 0. The van der Waals surface area contributed by atoms with E-state index in [1.165, 1.54) is 0 Å². The van der Waals surface area contributed by atoms with E-state index in [2.05, 4.69) is 4.98 Å². The lowest BCUT2D eigenvalue weighted by Gasteiger charge is -1.92. The van der Waals surface area contributed by atoms with Gasteiger partial charge in [0.2, 0.25) is 0 Å². The number of thiazole rings is 1. The van der Waals surface area contributed by atoms with Crippen LogP contribution in [0.5, 0.6) is 0 Å². The Morgan fingerprint density at radius 3 is 3.15 bits per heavy atom. The fourth-order valence-electron chi connectivity index (χ4n) is 0.607. The Hall–Kier alpha value is -0.810. The van der Waals surface area contributed by atoms with E-state index < -0.39 is 5.97 Å². The first kappa shape index (κ1) is 10.3. The zero-order valence-electron chi connectivity index (χ0n) is 7.06. The van der Waals surface area contributed by atoms with E-state index in [0.717, 1.165) is 4.34 Å². The number of carbonyl (C=O) groups is 1. The monoisotopic (exact) mass is 215 g/mol. The van der Waals surface area contributed by atoms with Gasteiger partial charge < -0.3 is 5.11 Å². The highest BCUT2D eigenvalue weighted by molar-refractivity contribution is 8.01. The minimum atomic E-state index is -0.861. The van der Waals surface area contributed by atoms with E-state index in [0.29, 0.717) is 11.3 Å². The third kappa shape index (κ3) is 3.61. The standard InChI is InChI=1S/C8H9NO2S2/c1-6(7(10)11)2-4-12-8-9-3-5-13-8/h2-3,5H,4H2,1H3,(H,10,11). The Labute approximate surface area is 84.5 Å². The molecule has 1 aromatic rings. The van der Waals surface area contributed by atoms with E-state index in [1.54, 1.807) is 42.3 Å². The van der Waals surface area contributed by atoms with Crippen LogP contribution in [-0.2, 0) is 4.79 Å². The van der Waals surface area contributed by atoms with Gasteiger partial charge in [0.15, 0.2) is 0 Å². The average Bonchev–Trinajstić information content (AvgIpc) is 2.56.